The van der Waals surface area contributed by atoms with Gasteiger partial charge in [0.05, 0.1) is 32.9 Å². The molecule has 1 aliphatic heterocycles. The lowest BCUT2D eigenvalue weighted by molar-refractivity contribution is -0.384. The summed E-state index contributed by atoms with van der Waals surface area (Å²) < 4.78 is 6.03. The highest BCUT2D eigenvalue weighted by Crippen LogP contribution is 2.49. The van der Waals surface area contributed by atoms with E-state index in [2.05, 4.69) is 6.07 Å². The minimum absolute atomic E-state index is 0.0373. The van der Waals surface area contributed by atoms with Crippen LogP contribution in [0.3, 0.4) is 0 Å². The van der Waals surface area contributed by atoms with Crippen molar-refractivity contribution in [3.63, 3.8) is 0 Å². The monoisotopic (exact) mass is 445 g/mol. The first-order valence-electron chi connectivity index (χ1n) is 10.5. The molecule has 0 saturated carbocycles. The summed E-state index contributed by atoms with van der Waals surface area (Å²) in [6.07, 6.45) is 0. The molecule has 162 valence electrons. The molecular formula is C26H15N5O3. The molecule has 0 saturated heterocycles. The van der Waals surface area contributed by atoms with Crippen LogP contribution in [0, 0.1) is 21.4 Å². The third-order valence-electron chi connectivity index (χ3n) is 6.09. The largest absolute Gasteiger partial charge is 0.439 e. The van der Waals surface area contributed by atoms with Crippen LogP contribution < -0.4 is 10.5 Å². The number of hydrogen-bond donors (Lipinski definition) is 1. The van der Waals surface area contributed by atoms with Crippen LogP contribution in [0.5, 0.6) is 5.75 Å². The van der Waals surface area contributed by atoms with Gasteiger partial charge in [0.2, 0.25) is 5.88 Å². The quantitative estimate of drug-likeness (QED) is 0.174. The SMILES string of the molecule is N#CC1=C(N)Oc2c(c3nc4ccccc4nc3c3ccccc23)C1c1cccc([N+](=O)[O-])c1. The number of aromatic nitrogens is 2. The molecule has 1 aromatic heterocycles. The van der Waals surface area contributed by atoms with E-state index in [0.29, 0.717) is 33.4 Å². The van der Waals surface area contributed by atoms with Gasteiger partial charge < -0.3 is 10.5 Å². The number of fused-ring (bicyclic) bond motifs is 7. The van der Waals surface area contributed by atoms with E-state index >= 15 is 0 Å². The van der Waals surface area contributed by atoms with E-state index in [1.807, 2.05) is 48.5 Å². The molecule has 0 amide bonds. The third kappa shape index (κ3) is 2.77. The van der Waals surface area contributed by atoms with Gasteiger partial charge in [-0.15, -0.1) is 0 Å². The maximum absolute atomic E-state index is 11.5. The maximum Gasteiger partial charge on any atom is 0.269 e. The highest BCUT2D eigenvalue weighted by Gasteiger charge is 2.35. The molecule has 8 heteroatoms. The standard InChI is InChI=1S/C26H15N5O3/c27-13-18-21(14-6-5-7-15(12-14)31(32)33)22-24-23(29-19-10-3-4-11-20(19)30-24)16-8-1-2-9-17(16)25(22)34-26(18)28/h1-12,21H,28H2. The van der Waals surface area contributed by atoms with E-state index < -0.39 is 10.8 Å². The van der Waals surface area contributed by atoms with Crippen LogP contribution in [0.4, 0.5) is 5.69 Å². The molecule has 4 aromatic carbocycles. The zero-order valence-electron chi connectivity index (χ0n) is 17.6. The molecule has 2 N–H and O–H groups in total. The number of para-hydroxylation sites is 2. The lowest BCUT2D eigenvalue weighted by Crippen LogP contribution is -2.22. The number of nitriles is 1. The number of benzene rings is 4. The first-order chi connectivity index (χ1) is 16.6. The van der Waals surface area contributed by atoms with Gasteiger partial charge in [0, 0.05) is 28.5 Å². The summed E-state index contributed by atoms with van der Waals surface area (Å²) in [5, 5.41) is 23.1. The van der Waals surface area contributed by atoms with Crippen molar-refractivity contribution in [3.05, 3.63) is 105 Å². The Balaban J connectivity index is 1.80. The fraction of sp³-hybridized carbons (Fsp3) is 0.0385. The molecule has 6 rings (SSSR count). The zero-order chi connectivity index (χ0) is 23.4. The normalized spacial score (nSPS) is 15.2. The minimum atomic E-state index is -0.712. The number of nitro groups is 1. The number of nitrogens with zero attached hydrogens (tertiary/aromatic N) is 4. The fourth-order valence-corrected chi connectivity index (χ4v) is 4.62. The number of allylic oxidation sites excluding steroid dienone is 1. The highest BCUT2D eigenvalue weighted by atomic mass is 16.6. The predicted molar refractivity (Wildman–Crippen MR) is 127 cm³/mol. The zero-order valence-corrected chi connectivity index (χ0v) is 17.6. The van der Waals surface area contributed by atoms with Gasteiger partial charge in [-0.1, -0.05) is 48.5 Å². The van der Waals surface area contributed by atoms with Crippen LogP contribution in [0.1, 0.15) is 17.0 Å². The summed E-state index contributed by atoms with van der Waals surface area (Å²) in [7, 11) is 0. The predicted octanol–water partition coefficient (Wildman–Crippen LogP) is 5.06. The van der Waals surface area contributed by atoms with Crippen LogP contribution in [-0.2, 0) is 0 Å². The van der Waals surface area contributed by atoms with E-state index in [4.69, 9.17) is 20.4 Å². The topological polar surface area (TPSA) is 128 Å². The van der Waals surface area contributed by atoms with E-state index in [1.165, 1.54) is 12.1 Å². The number of ether oxygens (including phenoxy) is 1. The second kappa shape index (κ2) is 7.25. The van der Waals surface area contributed by atoms with E-state index in [1.54, 1.807) is 12.1 Å². The molecule has 8 nitrogen and oxygen atoms in total. The Morgan fingerprint density at radius 1 is 0.941 bits per heavy atom. The summed E-state index contributed by atoms with van der Waals surface area (Å²) in [6, 6.07) is 23.5. The summed E-state index contributed by atoms with van der Waals surface area (Å²) in [4.78, 5) is 20.8. The van der Waals surface area contributed by atoms with Crippen molar-refractivity contribution in [3.8, 4) is 11.8 Å². The Hall–Kier alpha value is -5.03. The molecule has 0 bridgehead atoms. The smallest absolute Gasteiger partial charge is 0.269 e. The Bertz CT molecular complexity index is 1750. The second-order valence-corrected chi connectivity index (χ2v) is 7.97. The van der Waals surface area contributed by atoms with Crippen molar-refractivity contribution in [1.82, 2.24) is 9.97 Å². The van der Waals surface area contributed by atoms with Gasteiger partial charge in [0.1, 0.15) is 17.4 Å². The van der Waals surface area contributed by atoms with Gasteiger partial charge >= 0.3 is 0 Å². The van der Waals surface area contributed by atoms with Crippen LogP contribution in [-0.4, -0.2) is 14.9 Å². The molecule has 1 unspecified atom stereocenters. The van der Waals surface area contributed by atoms with E-state index in [-0.39, 0.29) is 17.1 Å². The Morgan fingerprint density at radius 3 is 2.32 bits per heavy atom. The Labute approximate surface area is 192 Å². The Kier molecular flexibility index (Phi) is 4.19. The van der Waals surface area contributed by atoms with Crippen molar-refractivity contribution >= 4 is 38.5 Å². The maximum atomic E-state index is 11.5. The second-order valence-electron chi connectivity index (χ2n) is 7.97. The summed E-state index contributed by atoms with van der Waals surface area (Å²) in [5.74, 6) is -0.276. The number of non-ortho nitro benzene ring substituents is 1. The van der Waals surface area contributed by atoms with E-state index in [9.17, 15) is 15.4 Å². The van der Waals surface area contributed by atoms with Crippen LogP contribution in [0.15, 0.2) is 84.3 Å². The fourth-order valence-electron chi connectivity index (χ4n) is 4.62. The van der Waals surface area contributed by atoms with Crippen molar-refractivity contribution in [1.29, 1.82) is 5.26 Å². The molecule has 0 radical (unpaired) electrons. The molecular weight excluding hydrogens is 430 g/mol. The number of nitrogens with two attached hydrogens (primary N) is 1. The first kappa shape index (κ1) is 19.6. The van der Waals surface area contributed by atoms with Gasteiger partial charge in [0.25, 0.3) is 5.69 Å². The number of nitro benzene ring substituents is 1. The number of hydrogen-bond acceptors (Lipinski definition) is 7. The first-order valence-corrected chi connectivity index (χ1v) is 10.5. The van der Waals surface area contributed by atoms with E-state index in [0.717, 1.165) is 16.3 Å². The summed E-state index contributed by atoms with van der Waals surface area (Å²) >= 11 is 0. The molecule has 1 atom stereocenters. The van der Waals surface area contributed by atoms with Gasteiger partial charge in [-0.2, -0.15) is 5.26 Å². The molecule has 5 aromatic rings. The van der Waals surface area contributed by atoms with Gasteiger partial charge in [0.15, 0.2) is 0 Å². The number of rotatable bonds is 2. The molecule has 2 heterocycles. The van der Waals surface area contributed by atoms with Crippen molar-refractivity contribution in [2.75, 3.05) is 0 Å². The van der Waals surface area contributed by atoms with Crippen LogP contribution in [0.2, 0.25) is 0 Å². The molecule has 0 fully saturated rings. The van der Waals surface area contributed by atoms with Crippen molar-refractivity contribution < 1.29 is 9.66 Å². The lowest BCUT2D eigenvalue weighted by Gasteiger charge is -2.28. The van der Waals surface area contributed by atoms with Crippen LogP contribution >= 0.6 is 0 Å². The van der Waals surface area contributed by atoms with Gasteiger partial charge in [-0.05, 0) is 17.7 Å². The highest BCUT2D eigenvalue weighted by molar-refractivity contribution is 6.11. The average molecular weight is 445 g/mol. The van der Waals surface area contributed by atoms with Crippen molar-refractivity contribution in [2.24, 2.45) is 5.73 Å². The Morgan fingerprint density at radius 2 is 1.62 bits per heavy atom. The minimum Gasteiger partial charge on any atom is -0.439 e. The van der Waals surface area contributed by atoms with Crippen molar-refractivity contribution in [2.45, 2.75) is 5.92 Å². The van der Waals surface area contributed by atoms with Gasteiger partial charge in [-0.3, -0.25) is 10.1 Å². The van der Waals surface area contributed by atoms with Gasteiger partial charge in [-0.25, -0.2) is 9.97 Å². The summed E-state index contributed by atoms with van der Waals surface area (Å²) in [6.45, 7) is 0. The molecule has 34 heavy (non-hydrogen) atoms. The molecule has 0 spiro atoms. The lowest BCUT2D eigenvalue weighted by atomic mass is 9.81. The van der Waals surface area contributed by atoms with Crippen LogP contribution in [0.25, 0.3) is 32.8 Å². The average Bonchev–Trinajstić information content (AvgIpc) is 2.87. The molecule has 0 aliphatic carbocycles. The third-order valence-corrected chi connectivity index (χ3v) is 6.09. The molecule has 1 aliphatic rings. The summed E-state index contributed by atoms with van der Waals surface area (Å²) in [5.41, 5.74) is 10.1.